The summed E-state index contributed by atoms with van der Waals surface area (Å²) < 4.78 is 5.21. The zero-order valence-electron chi connectivity index (χ0n) is 11.8. The van der Waals surface area contributed by atoms with Crippen LogP contribution in [0, 0.1) is 10.1 Å². The summed E-state index contributed by atoms with van der Waals surface area (Å²) in [7, 11) is 0. The van der Waals surface area contributed by atoms with Gasteiger partial charge in [0.15, 0.2) is 0 Å². The van der Waals surface area contributed by atoms with E-state index in [1.165, 1.54) is 12.1 Å². The number of hydrazine groups is 1. The van der Waals surface area contributed by atoms with Crippen molar-refractivity contribution in [1.29, 1.82) is 0 Å². The first-order valence-electron chi connectivity index (χ1n) is 6.77. The first-order chi connectivity index (χ1) is 10.1. The highest BCUT2D eigenvalue weighted by Crippen LogP contribution is 2.22. The van der Waals surface area contributed by atoms with Crippen molar-refractivity contribution in [2.45, 2.75) is 6.92 Å². The number of morpholine rings is 1. The summed E-state index contributed by atoms with van der Waals surface area (Å²) in [5.74, 6) is -0.364. The zero-order chi connectivity index (χ0) is 15.2. The first-order valence-corrected chi connectivity index (χ1v) is 6.77. The lowest BCUT2D eigenvalue weighted by atomic mass is 10.1. The lowest BCUT2D eigenvalue weighted by molar-refractivity contribution is -0.384. The van der Waals surface area contributed by atoms with Gasteiger partial charge in [0.05, 0.1) is 23.7 Å². The number of non-ortho nitro benzene ring substituents is 1. The molecule has 114 valence electrons. The van der Waals surface area contributed by atoms with Crippen LogP contribution in [0.3, 0.4) is 0 Å². The van der Waals surface area contributed by atoms with E-state index in [0.717, 1.165) is 0 Å². The Bertz CT molecular complexity index is 529. The van der Waals surface area contributed by atoms with Crippen LogP contribution in [0.15, 0.2) is 18.2 Å². The molecule has 1 fully saturated rings. The molecule has 0 aliphatic carbocycles. The molecular weight excluding hydrogens is 276 g/mol. The van der Waals surface area contributed by atoms with Crippen molar-refractivity contribution in [2.75, 3.05) is 38.2 Å². The number of ether oxygens (including phenoxy) is 1. The number of carbonyl (C=O) groups is 1. The maximum absolute atomic E-state index is 12.3. The summed E-state index contributed by atoms with van der Waals surface area (Å²) in [6.07, 6.45) is 0. The lowest BCUT2D eigenvalue weighted by Crippen LogP contribution is -2.48. The van der Waals surface area contributed by atoms with Gasteiger partial charge in [-0.05, 0) is 13.0 Å². The van der Waals surface area contributed by atoms with E-state index in [1.54, 1.807) is 11.1 Å². The van der Waals surface area contributed by atoms with E-state index in [-0.39, 0.29) is 17.2 Å². The van der Waals surface area contributed by atoms with Crippen LogP contribution >= 0.6 is 0 Å². The summed E-state index contributed by atoms with van der Waals surface area (Å²) >= 11 is 0. The number of amides is 1. The monoisotopic (exact) mass is 294 g/mol. The summed E-state index contributed by atoms with van der Waals surface area (Å²) in [4.78, 5) is 22.7. The fourth-order valence-electron chi connectivity index (χ4n) is 2.06. The third-order valence-electron chi connectivity index (χ3n) is 3.10. The van der Waals surface area contributed by atoms with E-state index in [9.17, 15) is 14.9 Å². The normalized spacial score (nSPS) is 15.5. The molecule has 2 N–H and O–H groups in total. The van der Waals surface area contributed by atoms with Crippen LogP contribution < -0.4 is 10.7 Å². The second kappa shape index (κ2) is 7.00. The fourth-order valence-corrected chi connectivity index (χ4v) is 2.06. The number of carbonyl (C=O) groups excluding carboxylic acids is 1. The van der Waals surface area contributed by atoms with Gasteiger partial charge >= 0.3 is 0 Å². The molecule has 0 bridgehead atoms. The van der Waals surface area contributed by atoms with Crippen LogP contribution in [0.1, 0.15) is 17.3 Å². The van der Waals surface area contributed by atoms with Crippen LogP contribution in [0.2, 0.25) is 0 Å². The Morgan fingerprint density at radius 2 is 2.14 bits per heavy atom. The van der Waals surface area contributed by atoms with Crippen LogP contribution in [0.25, 0.3) is 0 Å². The maximum atomic E-state index is 12.3. The van der Waals surface area contributed by atoms with Crippen molar-refractivity contribution in [3.63, 3.8) is 0 Å². The van der Waals surface area contributed by atoms with Crippen molar-refractivity contribution in [1.82, 2.24) is 10.4 Å². The van der Waals surface area contributed by atoms with Gasteiger partial charge in [-0.15, -0.1) is 0 Å². The SMILES string of the molecule is CCNc1ccc([N+](=O)[O-])cc1C(=O)NN1CCOCC1. The Kier molecular flexibility index (Phi) is 5.07. The predicted octanol–water partition coefficient (Wildman–Crippen LogP) is 1.00. The van der Waals surface area contributed by atoms with Crippen molar-refractivity contribution in [2.24, 2.45) is 0 Å². The molecule has 8 heteroatoms. The molecule has 0 aromatic heterocycles. The van der Waals surface area contributed by atoms with Gasteiger partial charge in [0.2, 0.25) is 0 Å². The highest BCUT2D eigenvalue weighted by molar-refractivity contribution is 6.00. The Balaban J connectivity index is 2.19. The highest BCUT2D eigenvalue weighted by atomic mass is 16.6. The second-order valence-corrected chi connectivity index (χ2v) is 4.56. The van der Waals surface area contributed by atoms with Crippen LogP contribution in [-0.2, 0) is 4.74 Å². The Labute approximate surface area is 122 Å². The zero-order valence-corrected chi connectivity index (χ0v) is 11.8. The molecule has 0 saturated carbocycles. The molecule has 1 heterocycles. The third kappa shape index (κ3) is 3.89. The largest absolute Gasteiger partial charge is 0.385 e. The van der Waals surface area contributed by atoms with E-state index in [4.69, 9.17) is 4.74 Å². The molecule has 2 rings (SSSR count). The van der Waals surface area contributed by atoms with Crippen molar-refractivity contribution < 1.29 is 14.5 Å². The van der Waals surface area contributed by atoms with Gasteiger partial charge in [0, 0.05) is 37.5 Å². The lowest BCUT2D eigenvalue weighted by Gasteiger charge is -2.27. The van der Waals surface area contributed by atoms with Crippen LogP contribution in [-0.4, -0.2) is 48.7 Å². The van der Waals surface area contributed by atoms with E-state index < -0.39 is 4.92 Å². The molecule has 0 atom stereocenters. The molecular formula is C13H18N4O4. The Morgan fingerprint density at radius 3 is 2.76 bits per heavy atom. The second-order valence-electron chi connectivity index (χ2n) is 4.56. The molecule has 21 heavy (non-hydrogen) atoms. The smallest absolute Gasteiger partial charge is 0.270 e. The minimum atomic E-state index is -0.513. The standard InChI is InChI=1S/C13H18N4O4/c1-2-14-12-4-3-10(17(19)20)9-11(12)13(18)15-16-5-7-21-8-6-16/h3-4,9,14H,2,5-8H2,1H3,(H,15,18). The van der Waals surface area contributed by atoms with Gasteiger partial charge in [-0.1, -0.05) is 0 Å². The third-order valence-corrected chi connectivity index (χ3v) is 3.10. The fraction of sp³-hybridized carbons (Fsp3) is 0.462. The molecule has 1 aromatic carbocycles. The topological polar surface area (TPSA) is 96.7 Å². The molecule has 1 aliphatic heterocycles. The summed E-state index contributed by atoms with van der Waals surface area (Å²) in [6.45, 7) is 4.81. The summed E-state index contributed by atoms with van der Waals surface area (Å²) in [5.41, 5.74) is 3.48. The highest BCUT2D eigenvalue weighted by Gasteiger charge is 2.19. The number of nitrogens with zero attached hydrogens (tertiary/aromatic N) is 2. The summed E-state index contributed by atoms with van der Waals surface area (Å²) in [6, 6.07) is 4.22. The molecule has 0 spiro atoms. The number of rotatable bonds is 5. The number of hydrogen-bond donors (Lipinski definition) is 2. The first kappa shape index (κ1) is 15.2. The van der Waals surface area contributed by atoms with E-state index in [0.29, 0.717) is 38.5 Å². The number of benzene rings is 1. The molecule has 1 amide bonds. The summed E-state index contributed by atoms with van der Waals surface area (Å²) in [5, 5.41) is 15.6. The molecule has 1 aromatic rings. The molecule has 1 aliphatic rings. The van der Waals surface area contributed by atoms with Gasteiger partial charge in [0.25, 0.3) is 11.6 Å². The average Bonchev–Trinajstić information content (AvgIpc) is 2.48. The Morgan fingerprint density at radius 1 is 1.43 bits per heavy atom. The van der Waals surface area contributed by atoms with Crippen LogP contribution in [0.5, 0.6) is 0 Å². The molecule has 0 unspecified atom stereocenters. The number of nitro groups is 1. The Hall–Kier alpha value is -2.19. The average molecular weight is 294 g/mol. The van der Waals surface area contributed by atoms with E-state index >= 15 is 0 Å². The molecule has 8 nitrogen and oxygen atoms in total. The van der Waals surface area contributed by atoms with Gasteiger partial charge in [-0.3, -0.25) is 20.3 Å². The van der Waals surface area contributed by atoms with Gasteiger partial charge in [0.1, 0.15) is 0 Å². The number of anilines is 1. The number of nitrogens with one attached hydrogen (secondary N) is 2. The van der Waals surface area contributed by atoms with E-state index in [2.05, 4.69) is 10.7 Å². The van der Waals surface area contributed by atoms with Gasteiger partial charge in [-0.25, -0.2) is 5.01 Å². The van der Waals surface area contributed by atoms with Gasteiger partial charge in [-0.2, -0.15) is 0 Å². The number of hydrogen-bond acceptors (Lipinski definition) is 6. The van der Waals surface area contributed by atoms with Crippen molar-refractivity contribution in [3.05, 3.63) is 33.9 Å². The predicted molar refractivity (Wildman–Crippen MR) is 77.1 cm³/mol. The van der Waals surface area contributed by atoms with Gasteiger partial charge < -0.3 is 10.1 Å². The molecule has 1 saturated heterocycles. The maximum Gasteiger partial charge on any atom is 0.270 e. The minimum absolute atomic E-state index is 0.108. The van der Waals surface area contributed by atoms with Crippen molar-refractivity contribution in [3.8, 4) is 0 Å². The molecule has 0 radical (unpaired) electrons. The van der Waals surface area contributed by atoms with Crippen molar-refractivity contribution >= 4 is 17.3 Å². The van der Waals surface area contributed by atoms with Crippen LogP contribution in [0.4, 0.5) is 11.4 Å². The quantitative estimate of drug-likeness (QED) is 0.621. The minimum Gasteiger partial charge on any atom is -0.385 e. The van der Waals surface area contributed by atoms with E-state index in [1.807, 2.05) is 6.92 Å². The number of nitro benzene ring substituents is 1.